The molecule has 0 radical (unpaired) electrons. The van der Waals surface area contributed by atoms with E-state index in [9.17, 15) is 14.7 Å². The fourth-order valence-corrected chi connectivity index (χ4v) is 4.73. The molecule has 2 aliphatic carbocycles. The number of carbonyl (C=O) groups is 2. The number of carboxylic acid groups (broad SMARTS) is 1. The molecule has 1 fully saturated rings. The number of benzene rings is 2. The molecule has 27 heavy (non-hydrogen) atoms. The Kier molecular flexibility index (Phi) is 4.60. The molecule has 140 valence electrons. The molecule has 2 aromatic rings. The number of carboxylic acids is 1. The van der Waals surface area contributed by atoms with Crippen LogP contribution in [0.5, 0.6) is 0 Å². The second-order valence-corrected chi connectivity index (χ2v) is 7.28. The van der Waals surface area contributed by atoms with E-state index in [1.165, 1.54) is 12.0 Å². The van der Waals surface area contributed by atoms with Gasteiger partial charge in [0.2, 0.25) is 0 Å². The topological polar surface area (TPSA) is 66.8 Å². The number of methoxy groups -OCH3 is 1. The Morgan fingerprint density at radius 2 is 1.52 bits per heavy atom. The Hall–Kier alpha value is -2.82. The number of fused-ring (bicyclic) bond motifs is 3. The average Bonchev–Trinajstić information content (AvgIpc) is 3.31. The first-order valence-corrected chi connectivity index (χ1v) is 9.40. The standard InChI is InChI=1S/C22H23NO4/c1-27-22(26)23(19(21(24)25)14-8-2-3-9-14)20-17-12-6-4-10-15(17)16-11-5-7-13-18(16)20/h4-7,10-14,19-20H,2-3,8-9H2,1H3,(H,24,25)/t19-/m0/s1. The molecular formula is C22H23NO4. The van der Waals surface area contributed by atoms with E-state index in [0.717, 1.165) is 47.9 Å². The van der Waals surface area contributed by atoms with Crippen molar-refractivity contribution in [2.24, 2.45) is 5.92 Å². The van der Waals surface area contributed by atoms with Crippen LogP contribution in [-0.4, -0.2) is 35.2 Å². The number of rotatable bonds is 4. The largest absolute Gasteiger partial charge is 0.480 e. The first-order chi connectivity index (χ1) is 13.1. The number of ether oxygens (including phenoxy) is 1. The van der Waals surface area contributed by atoms with Gasteiger partial charge in [-0.3, -0.25) is 4.90 Å². The Morgan fingerprint density at radius 3 is 2.00 bits per heavy atom. The van der Waals surface area contributed by atoms with E-state index in [2.05, 4.69) is 0 Å². The highest BCUT2D eigenvalue weighted by molar-refractivity contribution is 5.85. The maximum atomic E-state index is 12.9. The molecule has 2 aromatic carbocycles. The second kappa shape index (κ2) is 7.06. The van der Waals surface area contributed by atoms with Crippen molar-refractivity contribution in [2.75, 3.05) is 7.11 Å². The fourth-order valence-electron chi connectivity index (χ4n) is 4.73. The summed E-state index contributed by atoms with van der Waals surface area (Å²) in [6.07, 6.45) is 3.05. The number of amides is 1. The SMILES string of the molecule is COC(=O)N(C1c2ccccc2-c2ccccc21)[C@H](C(=O)O)C1CCCC1. The van der Waals surface area contributed by atoms with Crippen molar-refractivity contribution in [1.29, 1.82) is 0 Å². The monoisotopic (exact) mass is 365 g/mol. The van der Waals surface area contributed by atoms with Crippen LogP contribution in [0.4, 0.5) is 4.79 Å². The van der Waals surface area contributed by atoms with Crippen molar-refractivity contribution < 1.29 is 19.4 Å². The zero-order valence-corrected chi connectivity index (χ0v) is 15.3. The highest BCUT2D eigenvalue weighted by Gasteiger charge is 2.45. The summed E-state index contributed by atoms with van der Waals surface area (Å²) in [7, 11) is 1.32. The van der Waals surface area contributed by atoms with Crippen LogP contribution in [0.1, 0.15) is 42.9 Å². The molecule has 1 saturated carbocycles. The van der Waals surface area contributed by atoms with E-state index in [4.69, 9.17) is 4.74 Å². The van der Waals surface area contributed by atoms with Gasteiger partial charge in [0, 0.05) is 0 Å². The van der Waals surface area contributed by atoms with Crippen molar-refractivity contribution in [1.82, 2.24) is 4.90 Å². The molecule has 0 bridgehead atoms. The lowest BCUT2D eigenvalue weighted by Gasteiger charge is -2.36. The average molecular weight is 365 g/mol. The Morgan fingerprint density at radius 1 is 1.00 bits per heavy atom. The van der Waals surface area contributed by atoms with Gasteiger partial charge >= 0.3 is 12.1 Å². The summed E-state index contributed by atoms with van der Waals surface area (Å²) in [5, 5.41) is 10.1. The molecule has 1 amide bonds. The third-order valence-electron chi connectivity index (χ3n) is 5.86. The predicted molar refractivity (Wildman–Crippen MR) is 101 cm³/mol. The van der Waals surface area contributed by atoms with Gasteiger partial charge in [-0.2, -0.15) is 0 Å². The van der Waals surface area contributed by atoms with Crippen molar-refractivity contribution in [3.05, 3.63) is 59.7 Å². The first kappa shape index (κ1) is 17.6. The molecule has 0 heterocycles. The lowest BCUT2D eigenvalue weighted by Crippen LogP contribution is -2.50. The number of nitrogens with zero attached hydrogens (tertiary/aromatic N) is 1. The molecule has 1 N–H and O–H groups in total. The molecule has 0 aliphatic heterocycles. The number of carbonyl (C=O) groups excluding carboxylic acids is 1. The summed E-state index contributed by atoms with van der Waals surface area (Å²) in [5.41, 5.74) is 3.99. The highest BCUT2D eigenvalue weighted by Crippen LogP contribution is 2.48. The van der Waals surface area contributed by atoms with Crippen LogP contribution in [0.2, 0.25) is 0 Å². The quantitative estimate of drug-likeness (QED) is 0.868. The van der Waals surface area contributed by atoms with E-state index in [1.54, 1.807) is 0 Å². The minimum absolute atomic E-state index is 0.0541. The van der Waals surface area contributed by atoms with Crippen molar-refractivity contribution in [2.45, 2.75) is 37.8 Å². The summed E-state index contributed by atoms with van der Waals surface area (Å²) in [6, 6.07) is 14.4. The molecule has 0 saturated heterocycles. The van der Waals surface area contributed by atoms with Crippen LogP contribution in [0.15, 0.2) is 48.5 Å². The zero-order chi connectivity index (χ0) is 19.0. The van der Waals surface area contributed by atoms with Crippen LogP contribution >= 0.6 is 0 Å². The molecule has 0 unspecified atom stereocenters. The van der Waals surface area contributed by atoms with Crippen LogP contribution in [-0.2, 0) is 9.53 Å². The third kappa shape index (κ3) is 2.87. The lowest BCUT2D eigenvalue weighted by atomic mass is 9.93. The molecule has 4 rings (SSSR count). The number of hydrogen-bond donors (Lipinski definition) is 1. The number of aliphatic carboxylic acids is 1. The number of hydrogen-bond acceptors (Lipinski definition) is 3. The summed E-state index contributed by atoms with van der Waals surface area (Å²) < 4.78 is 5.07. The van der Waals surface area contributed by atoms with Crippen molar-refractivity contribution in [3.63, 3.8) is 0 Å². The Labute approximate surface area is 158 Å². The van der Waals surface area contributed by atoms with Gasteiger partial charge in [0.1, 0.15) is 6.04 Å². The maximum Gasteiger partial charge on any atom is 0.411 e. The third-order valence-corrected chi connectivity index (χ3v) is 5.86. The molecule has 5 heteroatoms. The van der Waals surface area contributed by atoms with E-state index < -0.39 is 24.1 Å². The summed E-state index contributed by atoms with van der Waals surface area (Å²) in [5.74, 6) is -1.02. The molecule has 0 aromatic heterocycles. The van der Waals surface area contributed by atoms with Crippen LogP contribution in [0, 0.1) is 5.92 Å². The van der Waals surface area contributed by atoms with E-state index in [0.29, 0.717) is 0 Å². The zero-order valence-electron chi connectivity index (χ0n) is 15.3. The smallest absolute Gasteiger partial charge is 0.411 e. The van der Waals surface area contributed by atoms with Gasteiger partial charge in [-0.15, -0.1) is 0 Å². The van der Waals surface area contributed by atoms with Gasteiger partial charge in [-0.25, -0.2) is 9.59 Å². The van der Waals surface area contributed by atoms with Crippen molar-refractivity contribution in [3.8, 4) is 11.1 Å². The van der Waals surface area contributed by atoms with E-state index in [1.807, 2.05) is 48.5 Å². The van der Waals surface area contributed by atoms with E-state index >= 15 is 0 Å². The lowest BCUT2D eigenvalue weighted by molar-refractivity contribution is -0.145. The summed E-state index contributed by atoms with van der Waals surface area (Å²) in [4.78, 5) is 26.6. The Bertz CT molecular complexity index is 827. The van der Waals surface area contributed by atoms with Crippen LogP contribution < -0.4 is 0 Å². The second-order valence-electron chi connectivity index (χ2n) is 7.28. The first-order valence-electron chi connectivity index (χ1n) is 9.40. The highest BCUT2D eigenvalue weighted by atomic mass is 16.5. The van der Waals surface area contributed by atoms with Crippen LogP contribution in [0.25, 0.3) is 11.1 Å². The van der Waals surface area contributed by atoms with Gasteiger partial charge in [0.05, 0.1) is 13.2 Å². The minimum atomic E-state index is -0.964. The predicted octanol–water partition coefficient (Wildman–Crippen LogP) is 4.47. The summed E-state index contributed by atoms with van der Waals surface area (Å²) >= 11 is 0. The van der Waals surface area contributed by atoms with Gasteiger partial charge in [0.25, 0.3) is 0 Å². The normalized spacial score (nSPS) is 17.2. The minimum Gasteiger partial charge on any atom is -0.480 e. The van der Waals surface area contributed by atoms with E-state index in [-0.39, 0.29) is 5.92 Å². The van der Waals surface area contributed by atoms with Gasteiger partial charge in [-0.05, 0) is 41.0 Å². The molecule has 0 spiro atoms. The van der Waals surface area contributed by atoms with Crippen LogP contribution in [0.3, 0.4) is 0 Å². The maximum absolute atomic E-state index is 12.9. The molecule has 2 aliphatic rings. The Balaban J connectivity index is 1.88. The van der Waals surface area contributed by atoms with Crippen molar-refractivity contribution >= 4 is 12.1 Å². The fraction of sp³-hybridized carbons (Fsp3) is 0.364. The summed E-state index contributed by atoms with van der Waals surface area (Å²) in [6.45, 7) is 0. The molecule has 5 nitrogen and oxygen atoms in total. The molecular weight excluding hydrogens is 342 g/mol. The van der Waals surface area contributed by atoms with Gasteiger partial charge < -0.3 is 9.84 Å². The van der Waals surface area contributed by atoms with Gasteiger partial charge in [0.15, 0.2) is 0 Å². The van der Waals surface area contributed by atoms with Gasteiger partial charge in [-0.1, -0.05) is 61.4 Å². The molecule has 1 atom stereocenters.